The third-order valence-corrected chi connectivity index (χ3v) is 18.2. The fraction of sp³-hybridized carbons (Fsp3) is 0.633. The van der Waals surface area contributed by atoms with Crippen LogP contribution in [0.15, 0.2) is 90.5 Å². The number of hydrogen-bond donors (Lipinski definition) is 2. The molecule has 2 N–H and O–H groups in total. The zero-order valence-electron chi connectivity index (χ0n) is 42.7. The summed E-state index contributed by atoms with van der Waals surface area (Å²) in [6, 6.07) is 25.7. The zero-order chi connectivity index (χ0) is 48.4. The van der Waals surface area contributed by atoms with E-state index < -0.39 is 11.7 Å². The average molecular weight is 945 g/mol. The van der Waals surface area contributed by atoms with Crippen molar-refractivity contribution in [2.24, 2.45) is 34.5 Å². The third-order valence-electron chi connectivity index (χ3n) is 18.2. The molecule has 0 aromatic heterocycles. The quantitative estimate of drug-likeness (QED) is 0.0587. The van der Waals surface area contributed by atoms with Crippen molar-refractivity contribution in [1.82, 2.24) is 10.2 Å². The number of benzene rings is 3. The molecule has 9 heteroatoms. The fourth-order valence-electron chi connectivity index (χ4n) is 14.2. The molecule has 376 valence electrons. The molecular weight excluding hydrogens is 861 g/mol. The molecule has 4 aliphatic carbocycles. The first-order valence-electron chi connectivity index (χ1n) is 27.1. The average Bonchev–Trinajstić information content (AvgIpc) is 3.92. The van der Waals surface area contributed by atoms with Crippen molar-refractivity contribution >= 4 is 12.0 Å². The lowest BCUT2D eigenvalue weighted by Gasteiger charge is -2.58. The summed E-state index contributed by atoms with van der Waals surface area (Å²) < 4.78 is 24.2. The van der Waals surface area contributed by atoms with Crippen molar-refractivity contribution in [1.29, 1.82) is 0 Å². The number of carbonyl (C=O) groups excluding carboxylic acids is 2. The van der Waals surface area contributed by atoms with Crippen molar-refractivity contribution in [3.63, 3.8) is 0 Å². The van der Waals surface area contributed by atoms with Crippen LogP contribution in [-0.2, 0) is 19.9 Å². The van der Waals surface area contributed by atoms with Gasteiger partial charge in [-0.25, -0.2) is 4.79 Å². The van der Waals surface area contributed by atoms with Crippen LogP contribution < -0.4 is 14.8 Å². The van der Waals surface area contributed by atoms with Crippen LogP contribution in [0.4, 0.5) is 4.79 Å². The monoisotopic (exact) mass is 945 g/mol. The fourth-order valence-corrected chi connectivity index (χ4v) is 14.2. The van der Waals surface area contributed by atoms with Crippen LogP contribution in [-0.4, -0.2) is 74.2 Å². The number of rotatable bonds is 22. The molecule has 1 aliphatic heterocycles. The van der Waals surface area contributed by atoms with Gasteiger partial charge in [0.1, 0.15) is 23.2 Å². The highest BCUT2D eigenvalue weighted by Crippen LogP contribution is 2.67. The maximum Gasteiger partial charge on any atom is 0.407 e. The number of aliphatic hydroxyl groups is 1. The molecule has 2 amide bonds. The van der Waals surface area contributed by atoms with E-state index in [1.807, 2.05) is 71.6 Å². The van der Waals surface area contributed by atoms with Crippen molar-refractivity contribution in [3.8, 4) is 11.5 Å². The number of carbonyl (C=O) groups is 2. The predicted octanol–water partition coefficient (Wildman–Crippen LogP) is 13.0. The summed E-state index contributed by atoms with van der Waals surface area (Å²) in [6.07, 6.45) is 24.2. The molecule has 0 radical (unpaired) electrons. The lowest BCUT2D eigenvalue weighted by Crippen LogP contribution is -2.50. The van der Waals surface area contributed by atoms with Crippen molar-refractivity contribution < 1.29 is 33.6 Å². The minimum absolute atomic E-state index is 0.0116. The van der Waals surface area contributed by atoms with E-state index in [0.29, 0.717) is 31.2 Å². The summed E-state index contributed by atoms with van der Waals surface area (Å²) in [5, 5.41) is 13.9. The lowest BCUT2D eigenvalue weighted by molar-refractivity contribution is -0.134. The molecule has 3 aromatic carbocycles. The smallest absolute Gasteiger partial charge is 0.407 e. The van der Waals surface area contributed by atoms with Gasteiger partial charge < -0.3 is 34.3 Å². The second kappa shape index (κ2) is 23.3. The molecule has 1 saturated heterocycles. The standard InChI is InChI=1S/C60H84N2O7/c1-6-7-8-9-10-13-18-43-27-33-54-53-32-26-47-39-52(34-36-59(47,3)55(53)35-37-58(43,54)2)69-57(65)61-38-17-12-16-21-56(64)62-41-49(63)40-48(62)42-68-60(44-19-14-11-15-20-44,45-22-28-50(66-4)29-23-45)46-24-30-51(67-5)31-25-46/h11,14-15,19-20,22-26,28-31,43,48-49,52-55,63H,6-10,12-13,16-18,21,27,32-42H2,1-5H3,(H,61,65). The number of nitrogens with one attached hydrogen (secondary N) is 1. The number of aliphatic hydroxyl groups excluding tert-OH is 1. The van der Waals surface area contributed by atoms with Crippen LogP contribution >= 0.6 is 0 Å². The highest BCUT2D eigenvalue weighted by Gasteiger charge is 2.58. The van der Waals surface area contributed by atoms with E-state index in [-0.39, 0.29) is 42.7 Å². The SMILES string of the molecule is CCCCCCCCC1CCC2C3CC=C4CC(OC(=O)NCCCCCC(=O)N5CC(O)CC5COC(c5ccccc5)(c5ccc(OC)cc5)c5ccc(OC)cc5)CCC4(C)C3CCC12C. The predicted molar refractivity (Wildman–Crippen MR) is 274 cm³/mol. The molecule has 8 rings (SSSR count). The summed E-state index contributed by atoms with van der Waals surface area (Å²) in [4.78, 5) is 28.7. The maximum absolute atomic E-state index is 13.8. The number of fused-ring (bicyclic) bond motifs is 5. The highest BCUT2D eigenvalue weighted by atomic mass is 16.6. The first-order valence-corrected chi connectivity index (χ1v) is 27.1. The van der Waals surface area contributed by atoms with Crippen molar-refractivity contribution in [2.45, 2.75) is 173 Å². The Kier molecular flexibility index (Phi) is 17.2. The molecule has 9 nitrogen and oxygen atoms in total. The number of hydrogen-bond acceptors (Lipinski definition) is 7. The van der Waals surface area contributed by atoms with E-state index in [1.165, 1.54) is 77.0 Å². The molecule has 9 atom stereocenters. The number of ether oxygens (including phenoxy) is 4. The van der Waals surface area contributed by atoms with Gasteiger partial charge in [0, 0.05) is 25.9 Å². The largest absolute Gasteiger partial charge is 0.497 e. The number of amides is 2. The molecular formula is C60H84N2O7. The van der Waals surface area contributed by atoms with Crippen LogP contribution in [0.2, 0.25) is 0 Å². The van der Waals surface area contributed by atoms with E-state index >= 15 is 0 Å². The summed E-state index contributed by atoms with van der Waals surface area (Å²) in [5.74, 6) is 4.83. The molecule has 3 saturated carbocycles. The van der Waals surface area contributed by atoms with E-state index in [0.717, 1.165) is 84.0 Å². The summed E-state index contributed by atoms with van der Waals surface area (Å²) in [7, 11) is 3.30. The second-order valence-electron chi connectivity index (χ2n) is 22.0. The number of methoxy groups -OCH3 is 2. The van der Waals surface area contributed by atoms with Crippen LogP contribution in [0.3, 0.4) is 0 Å². The van der Waals surface area contributed by atoms with Gasteiger partial charge in [-0.2, -0.15) is 0 Å². The van der Waals surface area contributed by atoms with Gasteiger partial charge in [-0.1, -0.05) is 132 Å². The molecule has 0 bridgehead atoms. The molecule has 9 unspecified atom stereocenters. The van der Waals surface area contributed by atoms with Gasteiger partial charge in [-0.3, -0.25) is 4.79 Å². The Balaban J connectivity index is 0.790. The Morgan fingerprint density at radius 2 is 1.43 bits per heavy atom. The Morgan fingerprint density at radius 3 is 2.13 bits per heavy atom. The minimum atomic E-state index is -1.02. The number of β-amino-alcohol motifs (C(OH)–C–C–N with tert-alkyl or cyclic N) is 1. The topological polar surface area (TPSA) is 107 Å². The maximum atomic E-state index is 13.8. The summed E-state index contributed by atoms with van der Waals surface area (Å²) >= 11 is 0. The van der Waals surface area contributed by atoms with Crippen molar-refractivity contribution in [2.75, 3.05) is 33.9 Å². The number of alkyl carbamates (subject to hydrolysis) is 1. The van der Waals surface area contributed by atoms with Crippen LogP contribution in [0.25, 0.3) is 0 Å². The van der Waals surface area contributed by atoms with Gasteiger partial charge in [0.2, 0.25) is 5.91 Å². The van der Waals surface area contributed by atoms with Gasteiger partial charge in [-0.05, 0) is 146 Å². The zero-order valence-corrected chi connectivity index (χ0v) is 42.7. The van der Waals surface area contributed by atoms with E-state index in [9.17, 15) is 14.7 Å². The summed E-state index contributed by atoms with van der Waals surface area (Å²) in [6.45, 7) is 8.54. The van der Waals surface area contributed by atoms with Crippen molar-refractivity contribution in [3.05, 3.63) is 107 Å². The van der Waals surface area contributed by atoms with E-state index in [4.69, 9.17) is 18.9 Å². The number of allylic oxidation sites excluding steroid dienone is 1. The van der Waals surface area contributed by atoms with Gasteiger partial charge >= 0.3 is 6.09 Å². The summed E-state index contributed by atoms with van der Waals surface area (Å²) in [5.41, 5.74) is 4.05. The van der Waals surface area contributed by atoms with E-state index in [1.54, 1.807) is 19.8 Å². The lowest BCUT2D eigenvalue weighted by atomic mass is 9.47. The second-order valence-corrected chi connectivity index (χ2v) is 22.0. The molecule has 69 heavy (non-hydrogen) atoms. The first kappa shape index (κ1) is 51.0. The van der Waals surface area contributed by atoms with Gasteiger partial charge in [0.25, 0.3) is 0 Å². The molecule has 3 aromatic rings. The van der Waals surface area contributed by atoms with Gasteiger partial charge in [0.05, 0.1) is 33.0 Å². The van der Waals surface area contributed by atoms with Crippen LogP contribution in [0, 0.1) is 34.5 Å². The molecule has 1 heterocycles. The molecule has 4 fully saturated rings. The number of unbranched alkanes of at least 4 members (excludes halogenated alkanes) is 7. The number of nitrogens with zero attached hydrogens (tertiary/aromatic N) is 1. The van der Waals surface area contributed by atoms with Gasteiger partial charge in [-0.15, -0.1) is 0 Å². The van der Waals surface area contributed by atoms with Crippen LogP contribution in [0.1, 0.15) is 166 Å². The Morgan fingerprint density at radius 1 is 0.768 bits per heavy atom. The third kappa shape index (κ3) is 11.3. The first-order chi connectivity index (χ1) is 33.5. The minimum Gasteiger partial charge on any atom is -0.497 e. The Hall–Kier alpha value is -4.34. The van der Waals surface area contributed by atoms with E-state index in [2.05, 4.69) is 44.3 Å². The highest BCUT2D eigenvalue weighted by molar-refractivity contribution is 5.77. The Bertz CT molecular complexity index is 2090. The molecule has 5 aliphatic rings. The normalized spacial score (nSPS) is 28.5. The van der Waals surface area contributed by atoms with Gasteiger partial charge in [0.15, 0.2) is 0 Å². The Labute approximate surface area is 414 Å². The molecule has 0 spiro atoms. The van der Waals surface area contributed by atoms with Crippen LogP contribution in [0.5, 0.6) is 11.5 Å². The number of likely N-dealkylation sites (tertiary alicyclic amines) is 1.